The van der Waals surface area contributed by atoms with Crippen LogP contribution in [-0.2, 0) is 0 Å². The largest absolute Gasteiger partial charge is 0.0533 e. The fraction of sp³-hybridized carbons (Fsp3) is 1.00. The third-order valence-electron chi connectivity index (χ3n) is 0.354. The average molecular weight is 113 g/mol. The quantitative estimate of drug-likeness (QED) is 0.452. The minimum atomic E-state index is 1.50. The summed E-state index contributed by atoms with van der Waals surface area (Å²) in [5.41, 5.74) is 0. The fourth-order valence-corrected chi connectivity index (χ4v) is 0. The Bertz CT molecular complexity index is 9.61. The van der Waals surface area contributed by atoms with Crippen LogP contribution in [-0.4, -0.2) is 0 Å². The summed E-state index contributed by atoms with van der Waals surface area (Å²) >= 11 is 0. The van der Waals surface area contributed by atoms with Gasteiger partial charge in [0.2, 0.25) is 0 Å². The molecule has 0 bridgehead atoms. The van der Waals surface area contributed by atoms with Crippen molar-refractivity contribution in [1.29, 1.82) is 0 Å². The van der Waals surface area contributed by atoms with Crippen LogP contribution in [0.3, 0.4) is 0 Å². The molecule has 0 atom stereocenters. The van der Waals surface area contributed by atoms with Gasteiger partial charge in [0.1, 0.15) is 0 Å². The summed E-state index contributed by atoms with van der Waals surface area (Å²) in [6.45, 7) is 0. The van der Waals surface area contributed by atoms with Crippen molar-refractivity contribution in [2.75, 3.05) is 0 Å². The van der Waals surface area contributed by atoms with Crippen LogP contribution in [0.2, 0.25) is 0 Å². The molecule has 0 saturated heterocycles. The number of hydrogen-bond acceptors (Lipinski definition) is 0. The van der Waals surface area contributed by atoms with Gasteiger partial charge < -0.3 is 0 Å². The molecule has 0 aromatic heterocycles. The molecule has 1 aliphatic carbocycles. The Morgan fingerprint density at radius 1 is 0.800 bits per heavy atom. The second-order valence-electron chi connectivity index (χ2n) is 1.06. The Hall–Kier alpha value is 0.580. The smallest absolute Gasteiger partial charge is 0 e. The molecule has 0 aliphatic heterocycles. The molecule has 32 valence electrons. The minimum Gasteiger partial charge on any atom is -0.0533 e. The predicted molar refractivity (Wildman–Crippen MR) is 25.6 cm³/mol. The third-order valence-corrected chi connectivity index (χ3v) is 0.354. The second kappa shape index (κ2) is 4.58. The van der Waals surface area contributed by atoms with Gasteiger partial charge in [-0.25, -0.2) is 0 Å². The molecule has 0 spiro atoms. The van der Waals surface area contributed by atoms with E-state index in [1.807, 2.05) is 0 Å². The maximum atomic E-state index is 4.11. The molecule has 0 heterocycles. The van der Waals surface area contributed by atoms with Gasteiger partial charge in [-0.1, -0.05) is 19.3 Å². The van der Waals surface area contributed by atoms with Crippen LogP contribution in [0.15, 0.2) is 0 Å². The molecule has 0 unspecified atom stereocenters. The Labute approximate surface area is 41.7 Å². The second-order valence-corrected chi connectivity index (χ2v) is 1.06. The fourth-order valence-electron chi connectivity index (χ4n) is 0. The van der Waals surface area contributed by atoms with Gasteiger partial charge in [-0.15, -0.1) is 0 Å². The van der Waals surface area contributed by atoms with Gasteiger partial charge in [0, 0.05) is 21.7 Å². The summed E-state index contributed by atoms with van der Waals surface area (Å²) in [7, 11) is 8.22. The first-order valence-corrected chi connectivity index (χ1v) is 2.79. The zero-order valence-corrected chi connectivity index (χ0v) is 4.39. The van der Waals surface area contributed by atoms with Crippen molar-refractivity contribution in [3.63, 3.8) is 0 Å². The zero-order chi connectivity index (χ0) is 4.12. The highest BCUT2D eigenvalue weighted by Gasteiger charge is 1.95. The summed E-state index contributed by atoms with van der Waals surface area (Å²) in [4.78, 5) is 0. The molecule has 2 heteroatoms. The Morgan fingerprint density at radius 2 is 1.00 bits per heavy atom. The van der Waals surface area contributed by atoms with E-state index in [-0.39, 0.29) is 0 Å². The van der Waals surface area contributed by atoms with Gasteiger partial charge in [0.25, 0.3) is 0 Å². The van der Waals surface area contributed by atoms with Crippen molar-refractivity contribution in [2.24, 2.45) is 0 Å². The molecule has 0 aromatic rings. The van der Waals surface area contributed by atoms with Crippen LogP contribution in [0.4, 0.5) is 0 Å². The van der Waals surface area contributed by atoms with Crippen molar-refractivity contribution in [2.45, 2.75) is 19.3 Å². The van der Waals surface area contributed by atoms with Gasteiger partial charge in [-0.05, 0) is 0 Å². The zero-order valence-electron chi connectivity index (χ0n) is 2.88. The van der Waals surface area contributed by atoms with Crippen molar-refractivity contribution in [1.82, 2.24) is 0 Å². The van der Waals surface area contributed by atoms with E-state index in [2.05, 4.69) is 21.7 Å². The van der Waals surface area contributed by atoms with Crippen LogP contribution < -0.4 is 0 Å². The number of halogens is 2. The molecule has 0 radical (unpaired) electrons. The van der Waals surface area contributed by atoms with Crippen molar-refractivity contribution >= 4 is 21.7 Å². The molecule has 0 nitrogen and oxygen atoms in total. The maximum absolute atomic E-state index is 4.11. The number of rotatable bonds is 0. The molecule has 0 aromatic carbocycles. The van der Waals surface area contributed by atoms with Crippen LogP contribution in [0.1, 0.15) is 19.3 Å². The highest BCUT2D eigenvalue weighted by molar-refractivity contribution is 6.85. The maximum Gasteiger partial charge on any atom is 0 e. The first-order chi connectivity index (χ1) is 2.50. The lowest BCUT2D eigenvalue weighted by atomic mass is 11.0. The number of hydrogen-bond donors (Lipinski definition) is 0. The van der Waals surface area contributed by atoms with E-state index in [0.29, 0.717) is 0 Å². The van der Waals surface area contributed by atoms with E-state index in [4.69, 9.17) is 0 Å². The molecule has 0 N–H and O–H groups in total. The summed E-state index contributed by atoms with van der Waals surface area (Å²) in [6, 6.07) is 0. The summed E-state index contributed by atoms with van der Waals surface area (Å²) in [5.74, 6) is 0. The van der Waals surface area contributed by atoms with E-state index in [1.165, 1.54) is 19.3 Å². The first-order valence-electron chi connectivity index (χ1n) is 1.64. The van der Waals surface area contributed by atoms with Crippen LogP contribution in [0.5, 0.6) is 0 Å². The molecule has 1 rings (SSSR count). The average Bonchev–Trinajstić information content (AvgIpc) is 2.19. The van der Waals surface area contributed by atoms with Crippen LogP contribution >= 0.6 is 21.7 Å². The van der Waals surface area contributed by atoms with E-state index in [1.54, 1.807) is 0 Å². The lowest BCUT2D eigenvalue weighted by molar-refractivity contribution is 1.50. The third kappa shape index (κ3) is 12.2. The van der Waals surface area contributed by atoms with E-state index in [0.717, 1.165) is 0 Å². The molecular formula is C3H6Cl2. The molecule has 1 saturated carbocycles. The lowest BCUT2D eigenvalue weighted by Gasteiger charge is -1.05. The van der Waals surface area contributed by atoms with Gasteiger partial charge in [-0.2, -0.15) is 0 Å². The standard InChI is InChI=1S/C3H6.Cl2/c1-2-3-1;1-2/h1-3H2;. The summed E-state index contributed by atoms with van der Waals surface area (Å²) < 4.78 is 0. The first kappa shape index (κ1) is 5.58. The molecule has 1 fully saturated rings. The van der Waals surface area contributed by atoms with Gasteiger partial charge >= 0.3 is 0 Å². The highest BCUT2D eigenvalue weighted by atomic mass is 36.5. The monoisotopic (exact) mass is 112 g/mol. The Balaban J connectivity index is 0.0000000733. The Morgan fingerprint density at radius 3 is 1.00 bits per heavy atom. The Kier molecular flexibility index (Phi) is 5.11. The normalized spacial score (nSPS) is 15.6. The molecular weight excluding hydrogens is 107 g/mol. The van der Waals surface area contributed by atoms with Gasteiger partial charge in [0.05, 0.1) is 0 Å². The van der Waals surface area contributed by atoms with Crippen LogP contribution in [0, 0.1) is 0 Å². The molecule has 1 aliphatic rings. The van der Waals surface area contributed by atoms with Gasteiger partial charge in [-0.3, -0.25) is 0 Å². The van der Waals surface area contributed by atoms with Crippen LogP contribution in [0.25, 0.3) is 0 Å². The summed E-state index contributed by atoms with van der Waals surface area (Å²) in [6.07, 6.45) is 4.50. The predicted octanol–water partition coefficient (Wildman–Crippen LogP) is 2.55. The van der Waals surface area contributed by atoms with Crippen molar-refractivity contribution in [3.05, 3.63) is 0 Å². The highest BCUT2D eigenvalue weighted by Crippen LogP contribution is 2.14. The van der Waals surface area contributed by atoms with Crippen molar-refractivity contribution < 1.29 is 0 Å². The SMILES string of the molecule is C1CC1.ClCl. The summed E-state index contributed by atoms with van der Waals surface area (Å²) in [5, 5.41) is 0. The van der Waals surface area contributed by atoms with E-state index >= 15 is 0 Å². The van der Waals surface area contributed by atoms with Gasteiger partial charge in [0.15, 0.2) is 0 Å². The topological polar surface area (TPSA) is 0 Å². The van der Waals surface area contributed by atoms with E-state index in [9.17, 15) is 0 Å². The van der Waals surface area contributed by atoms with E-state index < -0.39 is 0 Å². The molecule has 5 heavy (non-hydrogen) atoms. The molecule has 0 amide bonds. The minimum absolute atomic E-state index is 1.50. The van der Waals surface area contributed by atoms with Crippen molar-refractivity contribution in [3.8, 4) is 0 Å². The lowest BCUT2D eigenvalue weighted by Crippen LogP contribution is -0.856.